The third-order valence-corrected chi connectivity index (χ3v) is 5.88. The van der Waals surface area contributed by atoms with Crippen LogP contribution in [0.25, 0.3) is 22.2 Å². The van der Waals surface area contributed by atoms with Crippen LogP contribution in [0, 0.1) is 0 Å². The van der Waals surface area contributed by atoms with Crippen LogP contribution in [-0.4, -0.2) is 32.1 Å². The number of aromatic nitrogens is 3. The molecule has 7 heteroatoms. The summed E-state index contributed by atoms with van der Waals surface area (Å²) in [6.45, 7) is 4.65. The molecule has 0 atom stereocenters. The number of benzene rings is 3. The Morgan fingerprint density at radius 2 is 1.74 bits per heavy atom. The van der Waals surface area contributed by atoms with Crippen LogP contribution < -0.4 is 5.43 Å². The maximum Gasteiger partial charge on any atom is 0.250 e. The summed E-state index contributed by atoms with van der Waals surface area (Å²) >= 11 is 1.35. The number of nitrogens with zero attached hydrogens (tertiary/aromatic N) is 4. The summed E-state index contributed by atoms with van der Waals surface area (Å²) in [6.07, 6.45) is 0. The fraction of sp³-hybridized carbons (Fsp3) is 0.167. The topological polar surface area (TPSA) is 72.2 Å². The predicted octanol–water partition coefficient (Wildman–Crippen LogP) is 4.75. The van der Waals surface area contributed by atoms with E-state index in [-0.39, 0.29) is 11.7 Å². The van der Waals surface area contributed by atoms with Crippen LogP contribution in [0.1, 0.15) is 19.4 Å². The van der Waals surface area contributed by atoms with Crippen molar-refractivity contribution in [3.05, 3.63) is 78.4 Å². The molecule has 1 heterocycles. The van der Waals surface area contributed by atoms with E-state index in [0.29, 0.717) is 5.16 Å². The van der Waals surface area contributed by atoms with Gasteiger partial charge in [-0.05, 0) is 36.2 Å². The van der Waals surface area contributed by atoms with E-state index in [2.05, 4.69) is 45.0 Å². The third-order valence-electron chi connectivity index (χ3n) is 4.91. The van der Waals surface area contributed by atoms with Crippen LogP contribution >= 0.6 is 11.8 Å². The predicted molar refractivity (Wildman–Crippen MR) is 126 cm³/mol. The summed E-state index contributed by atoms with van der Waals surface area (Å²) in [7, 11) is 0. The van der Waals surface area contributed by atoms with E-state index in [9.17, 15) is 4.79 Å². The molecular formula is C24H23N5OS. The van der Waals surface area contributed by atoms with Gasteiger partial charge in [-0.1, -0.05) is 78.5 Å². The highest BCUT2D eigenvalue weighted by atomic mass is 32.2. The van der Waals surface area contributed by atoms with Gasteiger partial charge in [0.05, 0.1) is 11.5 Å². The van der Waals surface area contributed by atoms with E-state index >= 15 is 0 Å². The minimum absolute atomic E-state index is 0.183. The van der Waals surface area contributed by atoms with Gasteiger partial charge in [-0.3, -0.25) is 4.79 Å². The van der Waals surface area contributed by atoms with Gasteiger partial charge in [0.15, 0.2) is 11.0 Å². The Balaban J connectivity index is 1.39. The van der Waals surface area contributed by atoms with Crippen molar-refractivity contribution in [3.8, 4) is 11.4 Å². The number of rotatable bonds is 7. The first-order valence-corrected chi connectivity index (χ1v) is 11.1. The van der Waals surface area contributed by atoms with Gasteiger partial charge in [0.2, 0.25) is 0 Å². The zero-order valence-electron chi connectivity index (χ0n) is 17.4. The van der Waals surface area contributed by atoms with Crippen LogP contribution in [0.15, 0.2) is 83.1 Å². The molecule has 156 valence electrons. The largest absolute Gasteiger partial charge is 0.302 e. The highest BCUT2D eigenvalue weighted by Crippen LogP contribution is 2.23. The SMILES string of the molecule is CCn1c(SCC(=O)N/N=C(/C)c2ccc3ccccc3c2)nnc1-c1ccccc1. The zero-order valence-corrected chi connectivity index (χ0v) is 18.3. The standard InChI is InChI=1S/C24H23N5OS/c1-3-29-23(19-10-5-4-6-11-19)27-28-24(29)31-16-22(30)26-25-17(2)20-14-13-18-9-7-8-12-21(18)15-20/h4-15H,3,16H2,1-2H3,(H,26,30)/b25-17-. The van der Waals surface area contributed by atoms with Gasteiger partial charge < -0.3 is 4.57 Å². The second-order valence-corrected chi connectivity index (χ2v) is 7.94. The van der Waals surface area contributed by atoms with Crippen molar-refractivity contribution in [3.63, 3.8) is 0 Å². The minimum atomic E-state index is -0.183. The average Bonchev–Trinajstić information content (AvgIpc) is 3.24. The molecule has 1 amide bonds. The monoisotopic (exact) mass is 429 g/mol. The number of hydrazone groups is 1. The molecule has 0 saturated heterocycles. The number of thioether (sulfide) groups is 1. The van der Waals surface area contributed by atoms with Crippen LogP contribution in [0.5, 0.6) is 0 Å². The van der Waals surface area contributed by atoms with Crippen molar-refractivity contribution in [2.75, 3.05) is 5.75 Å². The summed E-state index contributed by atoms with van der Waals surface area (Å²) in [5.41, 5.74) is 5.38. The second kappa shape index (κ2) is 9.57. The Hall–Kier alpha value is -3.45. The summed E-state index contributed by atoms with van der Waals surface area (Å²) in [5, 5.41) is 15.9. The molecule has 4 aromatic rings. The molecule has 0 spiro atoms. The third kappa shape index (κ3) is 4.83. The Labute approximate surface area is 185 Å². The molecule has 0 saturated carbocycles. The number of hydrogen-bond donors (Lipinski definition) is 1. The van der Waals surface area contributed by atoms with Gasteiger partial charge >= 0.3 is 0 Å². The molecular weight excluding hydrogens is 406 g/mol. The normalized spacial score (nSPS) is 11.6. The molecule has 1 N–H and O–H groups in total. The van der Waals surface area contributed by atoms with Crippen LogP contribution in [0.2, 0.25) is 0 Å². The average molecular weight is 430 g/mol. The van der Waals surface area contributed by atoms with E-state index < -0.39 is 0 Å². The van der Waals surface area contributed by atoms with E-state index in [1.54, 1.807) is 0 Å². The molecule has 0 bridgehead atoms. The number of carbonyl (C=O) groups is 1. The zero-order chi connectivity index (χ0) is 21.6. The highest BCUT2D eigenvalue weighted by molar-refractivity contribution is 7.99. The van der Waals surface area contributed by atoms with Crippen molar-refractivity contribution in [2.45, 2.75) is 25.5 Å². The van der Waals surface area contributed by atoms with Crippen molar-refractivity contribution >= 4 is 34.2 Å². The minimum Gasteiger partial charge on any atom is -0.302 e. The molecule has 0 radical (unpaired) electrons. The van der Waals surface area contributed by atoms with Crippen LogP contribution in [-0.2, 0) is 11.3 Å². The quantitative estimate of drug-likeness (QED) is 0.261. The van der Waals surface area contributed by atoms with Crippen molar-refractivity contribution in [1.29, 1.82) is 0 Å². The van der Waals surface area contributed by atoms with Crippen molar-refractivity contribution < 1.29 is 4.79 Å². The first-order chi connectivity index (χ1) is 15.2. The van der Waals surface area contributed by atoms with Gasteiger partial charge in [-0.25, -0.2) is 5.43 Å². The van der Waals surface area contributed by atoms with Gasteiger partial charge in [0.1, 0.15) is 0 Å². The molecule has 0 aliphatic rings. The van der Waals surface area contributed by atoms with Crippen LogP contribution in [0.3, 0.4) is 0 Å². The molecule has 0 aliphatic heterocycles. The van der Waals surface area contributed by atoms with Crippen LogP contribution in [0.4, 0.5) is 0 Å². The molecule has 0 unspecified atom stereocenters. The summed E-state index contributed by atoms with van der Waals surface area (Å²) in [4.78, 5) is 12.3. The summed E-state index contributed by atoms with van der Waals surface area (Å²) < 4.78 is 2.01. The smallest absolute Gasteiger partial charge is 0.250 e. The lowest BCUT2D eigenvalue weighted by atomic mass is 10.0. The Morgan fingerprint density at radius 1 is 1.00 bits per heavy atom. The van der Waals surface area contributed by atoms with Gasteiger partial charge in [0.25, 0.3) is 5.91 Å². The molecule has 0 fully saturated rings. The van der Waals surface area contributed by atoms with Gasteiger partial charge in [-0.15, -0.1) is 10.2 Å². The number of carbonyl (C=O) groups excluding carboxylic acids is 1. The lowest BCUT2D eigenvalue weighted by Crippen LogP contribution is -2.21. The molecule has 6 nitrogen and oxygen atoms in total. The lowest BCUT2D eigenvalue weighted by molar-refractivity contribution is -0.118. The number of fused-ring (bicyclic) bond motifs is 1. The highest BCUT2D eigenvalue weighted by Gasteiger charge is 2.14. The fourth-order valence-corrected chi connectivity index (χ4v) is 4.06. The van der Waals surface area contributed by atoms with Gasteiger partial charge in [0, 0.05) is 12.1 Å². The van der Waals surface area contributed by atoms with Crippen molar-refractivity contribution in [2.24, 2.45) is 5.10 Å². The molecule has 1 aromatic heterocycles. The van der Waals surface area contributed by atoms with E-state index in [0.717, 1.165) is 34.6 Å². The molecule has 0 aliphatic carbocycles. The maximum absolute atomic E-state index is 12.3. The molecule has 31 heavy (non-hydrogen) atoms. The number of nitrogens with one attached hydrogen (secondary N) is 1. The Bertz CT molecular complexity index is 1230. The lowest BCUT2D eigenvalue weighted by Gasteiger charge is -2.07. The summed E-state index contributed by atoms with van der Waals surface area (Å²) in [5.74, 6) is 0.828. The van der Waals surface area contributed by atoms with E-state index in [1.165, 1.54) is 17.1 Å². The molecule has 3 aromatic carbocycles. The maximum atomic E-state index is 12.3. The Kier molecular flexibility index (Phi) is 6.43. The van der Waals surface area contributed by atoms with E-state index in [1.807, 2.05) is 66.9 Å². The van der Waals surface area contributed by atoms with E-state index in [4.69, 9.17) is 0 Å². The Morgan fingerprint density at radius 3 is 2.52 bits per heavy atom. The number of amides is 1. The summed E-state index contributed by atoms with van der Waals surface area (Å²) in [6, 6.07) is 24.2. The number of hydrogen-bond acceptors (Lipinski definition) is 5. The second-order valence-electron chi connectivity index (χ2n) is 7.00. The fourth-order valence-electron chi connectivity index (χ4n) is 3.27. The van der Waals surface area contributed by atoms with Gasteiger partial charge in [-0.2, -0.15) is 5.10 Å². The first-order valence-electron chi connectivity index (χ1n) is 10.1. The van der Waals surface area contributed by atoms with Crippen molar-refractivity contribution in [1.82, 2.24) is 20.2 Å². The first kappa shape index (κ1) is 20.8. The molecule has 4 rings (SSSR count).